The van der Waals surface area contributed by atoms with E-state index < -0.39 is 0 Å². The van der Waals surface area contributed by atoms with E-state index in [9.17, 15) is 4.79 Å². The highest BCUT2D eigenvalue weighted by Crippen LogP contribution is 2.17. The average Bonchev–Trinajstić information content (AvgIpc) is 2.82. The molecule has 0 aromatic carbocycles. The van der Waals surface area contributed by atoms with Crippen LogP contribution in [0.4, 0.5) is 4.79 Å². The van der Waals surface area contributed by atoms with Crippen LogP contribution in [0, 0.1) is 6.92 Å². The van der Waals surface area contributed by atoms with Gasteiger partial charge in [-0.1, -0.05) is 0 Å². The lowest BCUT2D eigenvalue weighted by Gasteiger charge is -2.07. The summed E-state index contributed by atoms with van der Waals surface area (Å²) in [5.41, 5.74) is 2.95. The fourth-order valence-corrected chi connectivity index (χ4v) is 1.89. The first kappa shape index (κ1) is 14.0. The molecule has 2 N–H and O–H groups in total. The molecular weight excluding hydrogens is 254 g/mol. The Bertz CT molecular complexity index is 564. The molecule has 0 saturated carbocycles. The monoisotopic (exact) mass is 273 g/mol. The molecule has 0 atom stereocenters. The molecule has 0 radical (unpaired) electrons. The SMILES string of the molecule is CCNC(=O)NCCn1nc(-c2cccnc2)cc1C. The molecule has 2 rings (SSSR count). The van der Waals surface area contributed by atoms with Crippen LogP contribution in [-0.4, -0.2) is 33.9 Å². The summed E-state index contributed by atoms with van der Waals surface area (Å²) in [6, 6.07) is 5.74. The van der Waals surface area contributed by atoms with Gasteiger partial charge in [-0.2, -0.15) is 5.10 Å². The van der Waals surface area contributed by atoms with E-state index in [0.717, 1.165) is 17.0 Å². The molecule has 0 aliphatic carbocycles. The van der Waals surface area contributed by atoms with E-state index in [1.54, 1.807) is 12.4 Å². The van der Waals surface area contributed by atoms with Crippen molar-refractivity contribution in [3.8, 4) is 11.3 Å². The summed E-state index contributed by atoms with van der Waals surface area (Å²) in [4.78, 5) is 15.4. The summed E-state index contributed by atoms with van der Waals surface area (Å²) >= 11 is 0. The van der Waals surface area contributed by atoms with Gasteiger partial charge in [0.15, 0.2) is 0 Å². The van der Waals surface area contributed by atoms with Gasteiger partial charge in [-0.25, -0.2) is 4.79 Å². The largest absolute Gasteiger partial charge is 0.338 e. The van der Waals surface area contributed by atoms with E-state index in [0.29, 0.717) is 19.6 Å². The molecule has 0 spiro atoms. The van der Waals surface area contributed by atoms with Crippen LogP contribution in [0.3, 0.4) is 0 Å². The Morgan fingerprint density at radius 1 is 1.40 bits per heavy atom. The van der Waals surface area contributed by atoms with Gasteiger partial charge in [0, 0.05) is 36.7 Å². The van der Waals surface area contributed by atoms with Crippen LogP contribution in [0.25, 0.3) is 11.3 Å². The van der Waals surface area contributed by atoms with Crippen LogP contribution < -0.4 is 10.6 Å². The van der Waals surface area contributed by atoms with Crippen molar-refractivity contribution in [2.45, 2.75) is 20.4 Å². The fraction of sp³-hybridized carbons (Fsp3) is 0.357. The van der Waals surface area contributed by atoms with E-state index in [1.165, 1.54) is 0 Å². The number of aryl methyl sites for hydroxylation is 1. The molecule has 106 valence electrons. The van der Waals surface area contributed by atoms with E-state index >= 15 is 0 Å². The third-order valence-electron chi connectivity index (χ3n) is 2.88. The maximum absolute atomic E-state index is 11.3. The van der Waals surface area contributed by atoms with Gasteiger partial charge in [-0.15, -0.1) is 0 Å². The highest BCUT2D eigenvalue weighted by Gasteiger charge is 2.06. The second-order valence-corrected chi connectivity index (χ2v) is 4.42. The van der Waals surface area contributed by atoms with E-state index in [1.807, 2.05) is 36.7 Å². The Hall–Kier alpha value is -2.37. The highest BCUT2D eigenvalue weighted by molar-refractivity contribution is 5.73. The number of amides is 2. The molecule has 0 saturated heterocycles. The second-order valence-electron chi connectivity index (χ2n) is 4.42. The summed E-state index contributed by atoms with van der Waals surface area (Å²) in [6.07, 6.45) is 3.53. The maximum Gasteiger partial charge on any atom is 0.314 e. The van der Waals surface area contributed by atoms with E-state index in [4.69, 9.17) is 0 Å². The third-order valence-corrected chi connectivity index (χ3v) is 2.88. The molecule has 2 amide bonds. The maximum atomic E-state index is 11.3. The van der Waals surface area contributed by atoms with Crippen molar-refractivity contribution in [2.75, 3.05) is 13.1 Å². The Kier molecular flexibility index (Phi) is 4.70. The molecule has 2 aromatic heterocycles. The first-order valence-corrected chi connectivity index (χ1v) is 6.67. The van der Waals surface area contributed by atoms with Crippen LogP contribution in [0.5, 0.6) is 0 Å². The molecule has 2 heterocycles. The zero-order valence-electron chi connectivity index (χ0n) is 11.8. The second kappa shape index (κ2) is 6.70. The Labute approximate surface area is 118 Å². The molecule has 0 aliphatic heterocycles. The molecule has 20 heavy (non-hydrogen) atoms. The molecule has 0 bridgehead atoms. The minimum absolute atomic E-state index is 0.148. The van der Waals surface area contributed by atoms with Gasteiger partial charge in [-0.3, -0.25) is 9.67 Å². The Morgan fingerprint density at radius 3 is 2.95 bits per heavy atom. The van der Waals surface area contributed by atoms with E-state index in [2.05, 4.69) is 20.7 Å². The number of rotatable bonds is 5. The van der Waals surface area contributed by atoms with Gasteiger partial charge in [0.2, 0.25) is 0 Å². The van der Waals surface area contributed by atoms with Crippen molar-refractivity contribution in [1.29, 1.82) is 0 Å². The van der Waals surface area contributed by atoms with Crippen LogP contribution in [0.1, 0.15) is 12.6 Å². The van der Waals surface area contributed by atoms with Crippen LogP contribution >= 0.6 is 0 Å². The van der Waals surface area contributed by atoms with Gasteiger partial charge < -0.3 is 10.6 Å². The van der Waals surface area contributed by atoms with Crippen molar-refractivity contribution in [2.24, 2.45) is 0 Å². The number of carbonyl (C=O) groups is 1. The standard InChI is InChI=1S/C14H19N5O/c1-3-16-14(20)17-7-8-19-11(2)9-13(18-19)12-5-4-6-15-10-12/h4-6,9-10H,3,7-8H2,1-2H3,(H2,16,17,20). The Balaban J connectivity index is 1.96. The van der Waals surface area contributed by atoms with Gasteiger partial charge in [-0.05, 0) is 32.0 Å². The quantitative estimate of drug-likeness (QED) is 0.868. The topological polar surface area (TPSA) is 71.8 Å². The smallest absolute Gasteiger partial charge is 0.314 e. The van der Waals surface area contributed by atoms with Crippen LogP contribution in [0.15, 0.2) is 30.6 Å². The average molecular weight is 273 g/mol. The normalized spacial score (nSPS) is 10.3. The lowest BCUT2D eigenvalue weighted by molar-refractivity contribution is 0.241. The number of nitrogens with zero attached hydrogens (tertiary/aromatic N) is 3. The number of nitrogens with one attached hydrogen (secondary N) is 2. The van der Waals surface area contributed by atoms with Crippen LogP contribution in [0.2, 0.25) is 0 Å². The minimum Gasteiger partial charge on any atom is -0.338 e. The summed E-state index contributed by atoms with van der Waals surface area (Å²) < 4.78 is 1.88. The number of hydrogen-bond acceptors (Lipinski definition) is 3. The summed E-state index contributed by atoms with van der Waals surface area (Å²) in [7, 11) is 0. The molecule has 2 aromatic rings. The Morgan fingerprint density at radius 2 is 2.25 bits per heavy atom. The zero-order chi connectivity index (χ0) is 14.4. The van der Waals surface area contributed by atoms with Crippen molar-refractivity contribution in [3.05, 3.63) is 36.3 Å². The predicted octanol–water partition coefficient (Wildman–Crippen LogP) is 1.57. The summed E-state index contributed by atoms with van der Waals surface area (Å²) in [6.45, 7) is 5.69. The lowest BCUT2D eigenvalue weighted by atomic mass is 10.2. The van der Waals surface area contributed by atoms with Crippen LogP contribution in [-0.2, 0) is 6.54 Å². The van der Waals surface area contributed by atoms with Gasteiger partial charge >= 0.3 is 6.03 Å². The molecular formula is C14H19N5O. The third kappa shape index (κ3) is 3.57. The molecule has 0 aliphatic rings. The van der Waals surface area contributed by atoms with E-state index in [-0.39, 0.29) is 6.03 Å². The number of pyridine rings is 1. The lowest BCUT2D eigenvalue weighted by Crippen LogP contribution is -2.37. The molecule has 0 fully saturated rings. The zero-order valence-corrected chi connectivity index (χ0v) is 11.8. The van der Waals surface area contributed by atoms with Crippen molar-refractivity contribution in [3.63, 3.8) is 0 Å². The minimum atomic E-state index is -0.148. The number of carbonyl (C=O) groups excluding carboxylic acids is 1. The van der Waals surface area contributed by atoms with Gasteiger partial charge in [0.05, 0.1) is 12.2 Å². The fourth-order valence-electron chi connectivity index (χ4n) is 1.89. The first-order valence-electron chi connectivity index (χ1n) is 6.67. The van der Waals surface area contributed by atoms with Gasteiger partial charge in [0.25, 0.3) is 0 Å². The summed E-state index contributed by atoms with van der Waals surface area (Å²) in [5, 5.41) is 10.0. The van der Waals surface area contributed by atoms with Crippen molar-refractivity contribution < 1.29 is 4.79 Å². The predicted molar refractivity (Wildman–Crippen MR) is 77.3 cm³/mol. The highest BCUT2D eigenvalue weighted by atomic mass is 16.2. The number of hydrogen-bond donors (Lipinski definition) is 2. The van der Waals surface area contributed by atoms with Crippen molar-refractivity contribution >= 4 is 6.03 Å². The summed E-state index contributed by atoms with van der Waals surface area (Å²) in [5.74, 6) is 0. The number of aromatic nitrogens is 3. The molecule has 6 heteroatoms. The van der Waals surface area contributed by atoms with Gasteiger partial charge in [0.1, 0.15) is 0 Å². The number of urea groups is 1. The first-order chi connectivity index (χ1) is 9.70. The molecule has 0 unspecified atom stereocenters. The van der Waals surface area contributed by atoms with Crippen molar-refractivity contribution in [1.82, 2.24) is 25.4 Å². The molecule has 6 nitrogen and oxygen atoms in total.